The average Bonchev–Trinajstić information content (AvgIpc) is 3.03. The van der Waals surface area contributed by atoms with Gasteiger partial charge in [-0.25, -0.2) is 4.79 Å². The number of aromatic nitrogens is 2. The van der Waals surface area contributed by atoms with Crippen molar-refractivity contribution in [2.24, 2.45) is 0 Å². The molecule has 7 nitrogen and oxygen atoms in total. The molecule has 2 aromatic rings. The first-order chi connectivity index (χ1) is 10.0. The van der Waals surface area contributed by atoms with Crippen molar-refractivity contribution in [2.75, 3.05) is 19.0 Å². The molecule has 0 aliphatic rings. The summed E-state index contributed by atoms with van der Waals surface area (Å²) in [4.78, 5) is 23.4. The van der Waals surface area contributed by atoms with Gasteiger partial charge >= 0.3 is 5.97 Å². The van der Waals surface area contributed by atoms with E-state index in [4.69, 9.17) is 9.84 Å². The molecule has 0 unspecified atom stereocenters. The molecule has 1 amide bonds. The van der Waals surface area contributed by atoms with Crippen LogP contribution in [0.5, 0.6) is 0 Å². The van der Waals surface area contributed by atoms with Gasteiger partial charge in [-0.2, -0.15) is 4.37 Å². The number of carbonyl (C=O) groups is 2. The number of carbonyl (C=O) groups excluding carboxylic acids is 1. The Morgan fingerprint density at radius 1 is 1.52 bits per heavy atom. The van der Waals surface area contributed by atoms with E-state index in [1.54, 1.807) is 36.9 Å². The lowest BCUT2D eigenvalue weighted by Crippen LogP contribution is -2.18. The van der Waals surface area contributed by atoms with Crippen LogP contribution in [-0.4, -0.2) is 39.6 Å². The Labute approximate surface area is 125 Å². The zero-order chi connectivity index (χ0) is 15.4. The van der Waals surface area contributed by atoms with Crippen LogP contribution in [0.4, 0.5) is 5.00 Å². The van der Waals surface area contributed by atoms with E-state index in [2.05, 4.69) is 9.69 Å². The SMILES string of the molecule is COCCn1cccc1C(=O)Nc1snc(C)c1C(=O)O. The lowest BCUT2D eigenvalue weighted by atomic mass is 10.2. The van der Waals surface area contributed by atoms with Crippen molar-refractivity contribution in [3.63, 3.8) is 0 Å². The van der Waals surface area contributed by atoms with Gasteiger partial charge in [-0.1, -0.05) is 0 Å². The number of anilines is 1. The molecule has 0 bridgehead atoms. The minimum absolute atomic E-state index is 0.0309. The van der Waals surface area contributed by atoms with Gasteiger partial charge in [-0.15, -0.1) is 0 Å². The van der Waals surface area contributed by atoms with E-state index in [9.17, 15) is 9.59 Å². The summed E-state index contributed by atoms with van der Waals surface area (Å²) >= 11 is 0.957. The highest BCUT2D eigenvalue weighted by Gasteiger charge is 2.20. The number of hydrogen-bond donors (Lipinski definition) is 2. The van der Waals surface area contributed by atoms with Gasteiger partial charge in [-0.05, 0) is 30.6 Å². The van der Waals surface area contributed by atoms with Crippen molar-refractivity contribution in [3.8, 4) is 0 Å². The number of carboxylic acid groups (broad SMARTS) is 1. The van der Waals surface area contributed by atoms with Gasteiger partial charge in [0.05, 0.1) is 12.3 Å². The molecule has 0 saturated heterocycles. The minimum Gasteiger partial charge on any atom is -0.478 e. The zero-order valence-corrected chi connectivity index (χ0v) is 12.4. The fourth-order valence-electron chi connectivity index (χ4n) is 1.88. The van der Waals surface area contributed by atoms with Crippen LogP contribution in [-0.2, 0) is 11.3 Å². The summed E-state index contributed by atoms with van der Waals surface area (Å²) in [5.74, 6) is -1.48. The van der Waals surface area contributed by atoms with Crippen LogP contribution < -0.4 is 5.32 Å². The van der Waals surface area contributed by atoms with Crippen molar-refractivity contribution in [1.29, 1.82) is 0 Å². The summed E-state index contributed by atoms with van der Waals surface area (Å²) in [7, 11) is 1.59. The molecule has 0 aliphatic carbocycles. The summed E-state index contributed by atoms with van der Waals surface area (Å²) in [6.45, 7) is 2.62. The first kappa shape index (κ1) is 15.2. The monoisotopic (exact) mass is 309 g/mol. The predicted molar refractivity (Wildman–Crippen MR) is 78.1 cm³/mol. The second-order valence-electron chi connectivity index (χ2n) is 4.31. The van der Waals surface area contributed by atoms with Gasteiger partial charge in [-0.3, -0.25) is 4.79 Å². The number of methoxy groups -OCH3 is 1. The lowest BCUT2D eigenvalue weighted by molar-refractivity contribution is 0.0697. The summed E-state index contributed by atoms with van der Waals surface area (Å²) in [5.41, 5.74) is 0.857. The van der Waals surface area contributed by atoms with Gasteiger partial charge in [0.2, 0.25) is 0 Å². The van der Waals surface area contributed by atoms with Gasteiger partial charge in [0.25, 0.3) is 5.91 Å². The molecule has 0 spiro atoms. The maximum absolute atomic E-state index is 12.3. The standard InChI is InChI=1S/C13H15N3O4S/c1-8-10(13(18)19)12(21-15-8)14-11(17)9-4-3-5-16(9)6-7-20-2/h3-5H,6-7H2,1-2H3,(H,14,17)(H,18,19). The number of hydrogen-bond acceptors (Lipinski definition) is 5. The maximum atomic E-state index is 12.3. The molecule has 0 saturated carbocycles. The van der Waals surface area contributed by atoms with E-state index >= 15 is 0 Å². The number of nitrogens with zero attached hydrogens (tertiary/aromatic N) is 2. The molecular weight excluding hydrogens is 294 g/mol. The highest BCUT2D eigenvalue weighted by Crippen LogP contribution is 2.25. The molecule has 0 fully saturated rings. The average molecular weight is 309 g/mol. The molecular formula is C13H15N3O4S. The van der Waals surface area contributed by atoms with Crippen molar-refractivity contribution in [3.05, 3.63) is 35.3 Å². The first-order valence-electron chi connectivity index (χ1n) is 6.19. The third-order valence-electron chi connectivity index (χ3n) is 2.90. The van der Waals surface area contributed by atoms with E-state index in [0.717, 1.165) is 11.5 Å². The number of ether oxygens (including phenoxy) is 1. The highest BCUT2D eigenvalue weighted by atomic mass is 32.1. The van der Waals surface area contributed by atoms with E-state index in [1.165, 1.54) is 0 Å². The van der Waals surface area contributed by atoms with Crippen molar-refractivity contribution < 1.29 is 19.4 Å². The molecule has 2 N–H and O–H groups in total. The second kappa shape index (κ2) is 6.51. The largest absolute Gasteiger partial charge is 0.478 e. The number of aryl methyl sites for hydroxylation is 1. The molecule has 0 aliphatic heterocycles. The molecule has 2 aromatic heterocycles. The Morgan fingerprint density at radius 3 is 2.95 bits per heavy atom. The first-order valence-corrected chi connectivity index (χ1v) is 6.97. The third-order valence-corrected chi connectivity index (χ3v) is 3.76. The Balaban J connectivity index is 2.19. The van der Waals surface area contributed by atoms with Crippen molar-refractivity contribution in [1.82, 2.24) is 8.94 Å². The number of rotatable bonds is 6. The Morgan fingerprint density at radius 2 is 2.29 bits per heavy atom. The predicted octanol–water partition coefficient (Wildman–Crippen LogP) is 1.85. The number of carboxylic acids is 1. The zero-order valence-electron chi connectivity index (χ0n) is 11.6. The molecule has 0 radical (unpaired) electrons. The van der Waals surface area contributed by atoms with E-state index in [0.29, 0.717) is 24.5 Å². The Bertz CT molecular complexity index is 662. The molecule has 0 aromatic carbocycles. The fourth-order valence-corrected chi connectivity index (χ4v) is 2.66. The van der Waals surface area contributed by atoms with Crippen LogP contribution in [0.3, 0.4) is 0 Å². The van der Waals surface area contributed by atoms with Crippen molar-refractivity contribution in [2.45, 2.75) is 13.5 Å². The van der Waals surface area contributed by atoms with Gasteiger partial charge in [0, 0.05) is 19.9 Å². The van der Waals surface area contributed by atoms with Crippen molar-refractivity contribution >= 4 is 28.4 Å². The minimum atomic E-state index is -1.11. The number of amides is 1. The summed E-state index contributed by atoms with van der Waals surface area (Å²) in [6.07, 6.45) is 1.77. The van der Waals surface area contributed by atoms with Gasteiger partial charge in [0.15, 0.2) is 0 Å². The maximum Gasteiger partial charge on any atom is 0.340 e. The lowest BCUT2D eigenvalue weighted by Gasteiger charge is -2.08. The van der Waals surface area contributed by atoms with E-state index < -0.39 is 5.97 Å². The van der Waals surface area contributed by atoms with E-state index in [1.807, 2.05) is 0 Å². The van der Waals surface area contributed by atoms with Crippen LogP contribution >= 0.6 is 11.5 Å². The molecule has 0 atom stereocenters. The summed E-state index contributed by atoms with van der Waals surface area (Å²) < 4.78 is 10.7. The second-order valence-corrected chi connectivity index (χ2v) is 5.08. The van der Waals surface area contributed by atoms with Crippen LogP contribution in [0.2, 0.25) is 0 Å². The van der Waals surface area contributed by atoms with Crippen LogP contribution in [0.15, 0.2) is 18.3 Å². The van der Waals surface area contributed by atoms with Crippen LogP contribution in [0, 0.1) is 6.92 Å². The molecule has 8 heteroatoms. The third kappa shape index (κ3) is 3.29. The summed E-state index contributed by atoms with van der Waals surface area (Å²) in [5, 5.41) is 12.0. The quantitative estimate of drug-likeness (QED) is 0.849. The topological polar surface area (TPSA) is 93.5 Å². The Hall–Kier alpha value is -2.19. The molecule has 2 heterocycles. The van der Waals surface area contributed by atoms with Gasteiger partial charge < -0.3 is 19.7 Å². The Kier molecular flexibility index (Phi) is 4.71. The normalized spacial score (nSPS) is 10.6. The highest BCUT2D eigenvalue weighted by molar-refractivity contribution is 7.11. The fraction of sp³-hybridized carbons (Fsp3) is 0.308. The number of aromatic carboxylic acids is 1. The van der Waals surface area contributed by atoms with Crippen LogP contribution in [0.1, 0.15) is 26.5 Å². The van der Waals surface area contributed by atoms with Crippen LogP contribution in [0.25, 0.3) is 0 Å². The van der Waals surface area contributed by atoms with E-state index in [-0.39, 0.29) is 16.5 Å². The smallest absolute Gasteiger partial charge is 0.340 e. The number of nitrogens with one attached hydrogen (secondary N) is 1. The summed E-state index contributed by atoms with van der Waals surface area (Å²) in [6, 6.07) is 3.42. The molecule has 112 valence electrons. The molecule has 2 rings (SSSR count). The molecule has 21 heavy (non-hydrogen) atoms. The van der Waals surface area contributed by atoms with Gasteiger partial charge in [0.1, 0.15) is 16.3 Å².